The van der Waals surface area contributed by atoms with Gasteiger partial charge in [0, 0.05) is 31.9 Å². The molecule has 1 heterocycles. The van der Waals surface area contributed by atoms with Crippen molar-refractivity contribution in [3.63, 3.8) is 0 Å². The summed E-state index contributed by atoms with van der Waals surface area (Å²) in [7, 11) is 2.14. The van der Waals surface area contributed by atoms with Crippen LogP contribution in [0.1, 0.15) is 0 Å². The van der Waals surface area contributed by atoms with Crippen molar-refractivity contribution in [2.75, 3.05) is 38.1 Å². The molecule has 3 nitrogen and oxygen atoms in total. The van der Waals surface area contributed by atoms with Gasteiger partial charge in [-0.1, -0.05) is 18.2 Å². The van der Waals surface area contributed by atoms with Crippen molar-refractivity contribution in [2.24, 2.45) is 0 Å². The number of rotatable bonds is 1. The van der Waals surface area contributed by atoms with E-state index in [9.17, 15) is 0 Å². The summed E-state index contributed by atoms with van der Waals surface area (Å²) >= 11 is 0. The van der Waals surface area contributed by atoms with E-state index in [0.717, 1.165) is 37.6 Å². The molecule has 0 N–H and O–H groups in total. The molecule has 0 radical (unpaired) electrons. The first-order chi connectivity index (χ1) is 7.31. The summed E-state index contributed by atoms with van der Waals surface area (Å²) in [6.07, 6.45) is 0. The van der Waals surface area contributed by atoms with Gasteiger partial charge in [-0.2, -0.15) is 0 Å². The summed E-state index contributed by atoms with van der Waals surface area (Å²) in [5.41, 5.74) is 1.85. The summed E-state index contributed by atoms with van der Waals surface area (Å²) in [6.45, 7) is 11.3. The fraction of sp³-hybridized carbons (Fsp3) is 0.417. The van der Waals surface area contributed by atoms with Crippen LogP contribution in [0.2, 0.25) is 0 Å². The second-order valence-corrected chi connectivity index (χ2v) is 3.89. The minimum absolute atomic E-state index is 0.766. The molecular weight excluding hydrogens is 186 g/mol. The minimum Gasteiger partial charge on any atom is -0.378 e. The van der Waals surface area contributed by atoms with Crippen molar-refractivity contribution < 1.29 is 0 Å². The van der Waals surface area contributed by atoms with Crippen LogP contribution in [-0.2, 0) is 0 Å². The quantitative estimate of drug-likeness (QED) is 0.643. The molecule has 0 saturated carbocycles. The molecule has 0 amide bonds. The summed E-state index contributed by atoms with van der Waals surface area (Å²) in [4.78, 5) is 8.17. The lowest BCUT2D eigenvalue weighted by Gasteiger charge is -2.34. The third-order valence-corrected chi connectivity index (χ3v) is 2.85. The molecule has 1 aliphatic heterocycles. The average molecular weight is 201 g/mol. The van der Waals surface area contributed by atoms with Crippen LogP contribution >= 0.6 is 0 Å². The van der Waals surface area contributed by atoms with Gasteiger partial charge in [-0.15, -0.1) is 0 Å². The number of hydrogen-bond donors (Lipinski definition) is 0. The first-order valence-electron chi connectivity index (χ1n) is 5.21. The van der Waals surface area contributed by atoms with Crippen molar-refractivity contribution >= 4 is 11.4 Å². The Morgan fingerprint density at radius 1 is 1.13 bits per heavy atom. The number of hydrogen-bond acceptors (Lipinski definition) is 2. The highest BCUT2D eigenvalue weighted by Crippen LogP contribution is 2.28. The van der Waals surface area contributed by atoms with Gasteiger partial charge in [0.1, 0.15) is 0 Å². The average Bonchev–Trinajstić information content (AvgIpc) is 2.30. The fourth-order valence-electron chi connectivity index (χ4n) is 1.87. The Morgan fingerprint density at radius 3 is 2.47 bits per heavy atom. The first kappa shape index (κ1) is 10.0. The molecule has 1 aromatic carbocycles. The predicted octanol–water partition coefficient (Wildman–Crippen LogP) is 1.99. The number of piperazine rings is 1. The summed E-state index contributed by atoms with van der Waals surface area (Å²) < 4.78 is 0. The van der Waals surface area contributed by atoms with E-state index in [1.807, 2.05) is 24.3 Å². The monoisotopic (exact) mass is 201 g/mol. The van der Waals surface area contributed by atoms with Gasteiger partial charge < -0.3 is 9.80 Å². The second kappa shape index (κ2) is 4.33. The molecule has 1 saturated heterocycles. The summed E-state index contributed by atoms with van der Waals surface area (Å²) in [5.74, 6) is 0. The Morgan fingerprint density at radius 2 is 1.80 bits per heavy atom. The maximum absolute atomic E-state index is 7.13. The van der Waals surface area contributed by atoms with Crippen LogP contribution in [0.15, 0.2) is 24.3 Å². The van der Waals surface area contributed by atoms with E-state index in [1.165, 1.54) is 0 Å². The molecule has 1 aliphatic rings. The van der Waals surface area contributed by atoms with Crippen LogP contribution in [0.25, 0.3) is 4.85 Å². The van der Waals surface area contributed by atoms with Crippen LogP contribution in [0.4, 0.5) is 11.4 Å². The summed E-state index contributed by atoms with van der Waals surface area (Å²) in [6, 6.07) is 7.86. The number of likely N-dealkylation sites (N-methyl/N-ethyl adjacent to an activating group) is 1. The molecule has 0 bridgehead atoms. The Bertz CT molecular complexity index is 373. The Kier molecular flexibility index (Phi) is 2.89. The molecule has 0 aliphatic carbocycles. The SMILES string of the molecule is [C-]#[N+]c1ccccc1N1CCN(C)CC1. The van der Waals surface area contributed by atoms with Gasteiger partial charge in [0.25, 0.3) is 0 Å². The number of anilines is 1. The van der Waals surface area contributed by atoms with Gasteiger partial charge in [0.15, 0.2) is 0 Å². The van der Waals surface area contributed by atoms with Gasteiger partial charge in [-0.05, 0) is 13.1 Å². The van der Waals surface area contributed by atoms with Crippen LogP contribution in [0, 0.1) is 6.57 Å². The highest BCUT2D eigenvalue weighted by molar-refractivity contribution is 5.70. The number of para-hydroxylation sites is 2. The van der Waals surface area contributed by atoms with Crippen LogP contribution in [0.5, 0.6) is 0 Å². The Balaban J connectivity index is 2.19. The zero-order valence-electron chi connectivity index (χ0n) is 8.98. The molecular formula is C12H15N3. The van der Waals surface area contributed by atoms with E-state index in [0.29, 0.717) is 0 Å². The van der Waals surface area contributed by atoms with Gasteiger partial charge >= 0.3 is 0 Å². The lowest BCUT2D eigenvalue weighted by molar-refractivity contribution is 0.313. The van der Waals surface area contributed by atoms with Gasteiger partial charge in [0.2, 0.25) is 5.69 Å². The zero-order valence-corrected chi connectivity index (χ0v) is 8.98. The van der Waals surface area contributed by atoms with E-state index in [1.54, 1.807) is 0 Å². The van der Waals surface area contributed by atoms with Crippen LogP contribution < -0.4 is 4.90 Å². The first-order valence-corrected chi connectivity index (χ1v) is 5.21. The van der Waals surface area contributed by atoms with Gasteiger partial charge in [0.05, 0.1) is 6.57 Å². The van der Waals surface area contributed by atoms with E-state index < -0.39 is 0 Å². The van der Waals surface area contributed by atoms with Crippen molar-refractivity contribution in [3.8, 4) is 0 Å². The van der Waals surface area contributed by atoms with E-state index in [4.69, 9.17) is 6.57 Å². The van der Waals surface area contributed by atoms with Crippen LogP contribution in [-0.4, -0.2) is 38.1 Å². The normalized spacial score (nSPS) is 17.5. The van der Waals surface area contributed by atoms with Gasteiger partial charge in [-0.3, -0.25) is 0 Å². The van der Waals surface area contributed by atoms with E-state index >= 15 is 0 Å². The molecule has 0 atom stereocenters. The second-order valence-electron chi connectivity index (χ2n) is 3.89. The standard InChI is InChI=1S/C12H15N3/c1-13-11-5-3-4-6-12(11)15-9-7-14(2)8-10-15/h3-6H,7-10H2,2H3. The number of nitrogens with zero attached hydrogens (tertiary/aromatic N) is 3. The highest BCUT2D eigenvalue weighted by Gasteiger charge is 2.16. The van der Waals surface area contributed by atoms with Crippen molar-refractivity contribution in [3.05, 3.63) is 35.7 Å². The zero-order chi connectivity index (χ0) is 10.7. The van der Waals surface area contributed by atoms with Gasteiger partial charge in [-0.25, -0.2) is 4.85 Å². The predicted molar refractivity (Wildman–Crippen MR) is 62.4 cm³/mol. The third kappa shape index (κ3) is 2.11. The molecule has 1 fully saturated rings. The lowest BCUT2D eigenvalue weighted by atomic mass is 10.2. The van der Waals surface area contributed by atoms with Crippen molar-refractivity contribution in [1.29, 1.82) is 0 Å². The van der Waals surface area contributed by atoms with Crippen molar-refractivity contribution in [1.82, 2.24) is 4.90 Å². The molecule has 2 rings (SSSR count). The smallest absolute Gasteiger partial charge is 0.209 e. The summed E-state index contributed by atoms with van der Waals surface area (Å²) in [5, 5.41) is 0. The molecule has 1 aromatic rings. The molecule has 0 unspecified atom stereocenters. The molecule has 78 valence electrons. The molecule has 15 heavy (non-hydrogen) atoms. The number of benzene rings is 1. The topological polar surface area (TPSA) is 10.8 Å². The van der Waals surface area contributed by atoms with E-state index in [-0.39, 0.29) is 0 Å². The van der Waals surface area contributed by atoms with Crippen molar-refractivity contribution in [2.45, 2.75) is 0 Å². The molecule has 3 heteroatoms. The third-order valence-electron chi connectivity index (χ3n) is 2.85. The lowest BCUT2D eigenvalue weighted by Crippen LogP contribution is -2.44. The maximum Gasteiger partial charge on any atom is 0.209 e. The highest BCUT2D eigenvalue weighted by atomic mass is 15.2. The Labute approximate surface area is 90.7 Å². The molecule has 0 aromatic heterocycles. The maximum atomic E-state index is 7.13. The largest absolute Gasteiger partial charge is 0.378 e. The fourth-order valence-corrected chi connectivity index (χ4v) is 1.87. The Hall–Kier alpha value is -1.53. The minimum atomic E-state index is 0.766. The van der Waals surface area contributed by atoms with E-state index in [2.05, 4.69) is 21.7 Å². The van der Waals surface area contributed by atoms with Crippen LogP contribution in [0.3, 0.4) is 0 Å². The molecule has 0 spiro atoms.